The highest BCUT2D eigenvalue weighted by Gasteiger charge is 2.62. The van der Waals surface area contributed by atoms with Crippen LogP contribution >= 0.6 is 0 Å². The monoisotopic (exact) mass is 191 g/mol. The second-order valence-corrected chi connectivity index (χ2v) is 6.88. The first-order chi connectivity index (χ1) is 6.69. The molecule has 0 aromatic carbocycles. The van der Waals surface area contributed by atoms with Gasteiger partial charge in [-0.1, -0.05) is 0 Å². The maximum Gasteiger partial charge on any atom is 0.0335 e. The molecule has 5 rings (SSSR count). The second-order valence-electron chi connectivity index (χ2n) is 6.88. The predicted octanol–water partition coefficient (Wildman–Crippen LogP) is 2.56. The Morgan fingerprint density at radius 1 is 0.929 bits per heavy atom. The summed E-state index contributed by atoms with van der Waals surface area (Å²) >= 11 is 0. The molecule has 5 fully saturated rings. The molecule has 0 radical (unpaired) electrons. The van der Waals surface area contributed by atoms with E-state index in [9.17, 15) is 0 Å². The van der Waals surface area contributed by atoms with Crippen molar-refractivity contribution in [3.05, 3.63) is 0 Å². The van der Waals surface area contributed by atoms with Gasteiger partial charge in [-0.15, -0.1) is 0 Å². The summed E-state index contributed by atoms with van der Waals surface area (Å²) < 4.78 is 0. The zero-order valence-corrected chi connectivity index (χ0v) is 9.18. The van der Waals surface area contributed by atoms with Gasteiger partial charge in [-0.25, -0.2) is 0 Å². The van der Waals surface area contributed by atoms with Crippen LogP contribution in [0.15, 0.2) is 0 Å². The highest BCUT2D eigenvalue weighted by Crippen LogP contribution is 2.65. The lowest BCUT2D eigenvalue weighted by atomic mass is 9.46. The van der Waals surface area contributed by atoms with E-state index in [-0.39, 0.29) is 0 Å². The Hall–Kier alpha value is -0.0400. The highest BCUT2D eigenvalue weighted by molar-refractivity contribution is 5.18. The Morgan fingerprint density at radius 2 is 1.36 bits per heavy atom. The number of hydrogen-bond acceptors (Lipinski definition) is 1. The second kappa shape index (κ2) is 2.21. The van der Waals surface area contributed by atoms with Gasteiger partial charge < -0.3 is 5.32 Å². The lowest BCUT2D eigenvalue weighted by molar-refractivity contribution is -0.0718. The van der Waals surface area contributed by atoms with Crippen molar-refractivity contribution >= 4 is 0 Å². The lowest BCUT2D eigenvalue weighted by Gasteiger charge is -2.59. The van der Waals surface area contributed by atoms with Crippen LogP contribution in [0.3, 0.4) is 0 Å². The van der Waals surface area contributed by atoms with Gasteiger partial charge in [0.2, 0.25) is 0 Å². The molecule has 4 bridgehead atoms. The van der Waals surface area contributed by atoms with E-state index in [4.69, 9.17) is 0 Å². The van der Waals surface area contributed by atoms with Gasteiger partial charge >= 0.3 is 0 Å². The fraction of sp³-hybridized carbons (Fsp3) is 1.00. The molecule has 0 amide bonds. The van der Waals surface area contributed by atoms with Crippen molar-refractivity contribution in [2.75, 3.05) is 6.54 Å². The molecule has 4 aliphatic carbocycles. The van der Waals surface area contributed by atoms with Gasteiger partial charge in [0.25, 0.3) is 0 Å². The standard InChI is InChI=1S/C13H21N/c1-12(8-14-12)13-5-9-2-10(6-13)4-11(3-9)7-13/h9-11,14H,2-8H2,1H3. The first-order valence-electron chi connectivity index (χ1n) is 6.44. The molecule has 1 unspecified atom stereocenters. The molecule has 4 saturated carbocycles. The molecule has 1 heterocycles. The van der Waals surface area contributed by atoms with E-state index in [2.05, 4.69) is 12.2 Å². The van der Waals surface area contributed by atoms with Gasteiger partial charge in [0.15, 0.2) is 0 Å². The summed E-state index contributed by atoms with van der Waals surface area (Å²) in [6, 6.07) is 0. The zero-order chi connectivity index (χ0) is 9.39. The van der Waals surface area contributed by atoms with Crippen LogP contribution in [0.25, 0.3) is 0 Å². The zero-order valence-electron chi connectivity index (χ0n) is 9.18. The summed E-state index contributed by atoms with van der Waals surface area (Å²) in [5, 5.41) is 3.67. The summed E-state index contributed by atoms with van der Waals surface area (Å²) in [6.45, 7) is 3.79. The summed E-state index contributed by atoms with van der Waals surface area (Å²) in [5.41, 5.74) is 1.30. The maximum absolute atomic E-state index is 3.67. The van der Waals surface area contributed by atoms with Gasteiger partial charge in [0.05, 0.1) is 0 Å². The average Bonchev–Trinajstić information content (AvgIpc) is 2.82. The molecule has 1 heteroatoms. The van der Waals surface area contributed by atoms with Crippen LogP contribution in [0, 0.1) is 23.2 Å². The minimum Gasteiger partial charge on any atom is -0.308 e. The van der Waals surface area contributed by atoms with Gasteiger partial charge in [-0.2, -0.15) is 0 Å². The van der Waals surface area contributed by atoms with Crippen LogP contribution in [0.2, 0.25) is 0 Å². The largest absolute Gasteiger partial charge is 0.308 e. The number of rotatable bonds is 1. The summed E-state index contributed by atoms with van der Waals surface area (Å²) in [7, 11) is 0. The Balaban J connectivity index is 1.74. The van der Waals surface area contributed by atoms with Crippen molar-refractivity contribution in [3.8, 4) is 0 Å². The first-order valence-corrected chi connectivity index (χ1v) is 6.44. The third-order valence-electron chi connectivity index (χ3n) is 5.92. The predicted molar refractivity (Wildman–Crippen MR) is 57.0 cm³/mol. The minimum atomic E-state index is 0.559. The molecule has 5 aliphatic rings. The maximum atomic E-state index is 3.67. The molecule has 1 saturated heterocycles. The van der Waals surface area contributed by atoms with Crippen molar-refractivity contribution in [2.45, 2.75) is 51.0 Å². The molecule has 1 aliphatic heterocycles. The molecular weight excluding hydrogens is 170 g/mol. The summed E-state index contributed by atoms with van der Waals surface area (Å²) in [5.74, 6) is 3.33. The normalized spacial score (nSPS) is 64.5. The average molecular weight is 191 g/mol. The Labute approximate surface area is 86.6 Å². The van der Waals surface area contributed by atoms with Gasteiger partial charge in [-0.05, 0) is 68.6 Å². The highest BCUT2D eigenvalue weighted by atomic mass is 15.2. The minimum absolute atomic E-state index is 0.559. The van der Waals surface area contributed by atoms with E-state index in [1.807, 2.05) is 0 Å². The van der Waals surface area contributed by atoms with Crippen LogP contribution in [0.5, 0.6) is 0 Å². The van der Waals surface area contributed by atoms with Gasteiger partial charge in [0, 0.05) is 12.1 Å². The third kappa shape index (κ3) is 0.856. The van der Waals surface area contributed by atoms with Crippen LogP contribution < -0.4 is 5.32 Å². The van der Waals surface area contributed by atoms with Gasteiger partial charge in [0.1, 0.15) is 0 Å². The van der Waals surface area contributed by atoms with E-state index in [1.165, 1.54) is 6.54 Å². The van der Waals surface area contributed by atoms with Crippen LogP contribution in [-0.2, 0) is 0 Å². The van der Waals surface area contributed by atoms with Crippen LogP contribution in [-0.4, -0.2) is 12.1 Å². The third-order valence-corrected chi connectivity index (χ3v) is 5.92. The topological polar surface area (TPSA) is 21.9 Å². The van der Waals surface area contributed by atoms with E-state index in [1.54, 1.807) is 38.5 Å². The molecule has 1 atom stereocenters. The SMILES string of the molecule is CC1(C23CC4CC(CC(C4)C2)C3)CN1. The Kier molecular flexibility index (Phi) is 1.29. The quantitative estimate of drug-likeness (QED) is 0.632. The van der Waals surface area contributed by atoms with Crippen molar-refractivity contribution < 1.29 is 0 Å². The van der Waals surface area contributed by atoms with E-state index in [0.717, 1.165) is 23.2 Å². The van der Waals surface area contributed by atoms with Crippen molar-refractivity contribution in [3.63, 3.8) is 0 Å². The number of nitrogens with one attached hydrogen (secondary N) is 1. The molecular formula is C13H21N. The molecule has 1 N–H and O–H groups in total. The molecule has 0 aromatic rings. The molecule has 0 spiro atoms. The summed E-state index contributed by atoms with van der Waals surface area (Å²) in [6.07, 6.45) is 9.41. The fourth-order valence-corrected chi connectivity index (χ4v) is 5.29. The van der Waals surface area contributed by atoms with Gasteiger partial charge in [-0.3, -0.25) is 0 Å². The number of hydrogen-bond donors (Lipinski definition) is 1. The molecule has 0 aromatic heterocycles. The van der Waals surface area contributed by atoms with Crippen molar-refractivity contribution in [1.82, 2.24) is 5.32 Å². The molecule has 14 heavy (non-hydrogen) atoms. The molecule has 78 valence electrons. The van der Waals surface area contributed by atoms with E-state index in [0.29, 0.717) is 5.54 Å². The smallest absolute Gasteiger partial charge is 0.0335 e. The first kappa shape index (κ1) is 8.15. The van der Waals surface area contributed by atoms with E-state index >= 15 is 0 Å². The summed E-state index contributed by atoms with van der Waals surface area (Å²) in [4.78, 5) is 0. The van der Waals surface area contributed by atoms with E-state index < -0.39 is 0 Å². The molecule has 1 nitrogen and oxygen atoms in total. The van der Waals surface area contributed by atoms with Crippen molar-refractivity contribution in [1.29, 1.82) is 0 Å². The Bertz CT molecular complexity index is 242. The lowest BCUT2D eigenvalue weighted by Crippen LogP contribution is -2.53. The Morgan fingerprint density at radius 3 is 1.71 bits per heavy atom. The van der Waals surface area contributed by atoms with Crippen LogP contribution in [0.1, 0.15) is 45.4 Å². The van der Waals surface area contributed by atoms with Crippen LogP contribution in [0.4, 0.5) is 0 Å². The fourth-order valence-electron chi connectivity index (χ4n) is 5.29. The van der Waals surface area contributed by atoms with Crippen molar-refractivity contribution in [2.24, 2.45) is 23.2 Å².